The fraction of sp³-hybridized carbons (Fsp3) is 0. The lowest BCUT2D eigenvalue weighted by molar-refractivity contribution is 0.669. The van der Waals surface area contributed by atoms with Crippen LogP contribution < -0.4 is 0 Å². The van der Waals surface area contributed by atoms with Crippen LogP contribution in [0.5, 0.6) is 0 Å². The molecule has 0 bridgehead atoms. The average molecular weight is 747 g/mol. The minimum atomic E-state index is 0.606. The summed E-state index contributed by atoms with van der Waals surface area (Å²) in [5.74, 6) is 1.86. The predicted octanol–water partition coefficient (Wildman–Crippen LogP) is 13.9. The molecule has 5 nitrogen and oxygen atoms in total. The van der Waals surface area contributed by atoms with E-state index in [1.54, 1.807) is 11.3 Å². The fourth-order valence-corrected chi connectivity index (χ4v) is 9.45. The largest absolute Gasteiger partial charge is 0.456 e. The lowest BCUT2D eigenvalue weighted by atomic mass is 10.0. The van der Waals surface area contributed by atoms with Gasteiger partial charge < -0.3 is 8.98 Å². The van der Waals surface area contributed by atoms with E-state index >= 15 is 0 Å². The highest BCUT2D eigenvalue weighted by Crippen LogP contribution is 2.40. The van der Waals surface area contributed by atoms with Crippen molar-refractivity contribution in [3.8, 4) is 51.0 Å². The van der Waals surface area contributed by atoms with Gasteiger partial charge in [0.05, 0.1) is 11.0 Å². The van der Waals surface area contributed by atoms with Crippen molar-refractivity contribution in [2.24, 2.45) is 0 Å². The Morgan fingerprint density at radius 1 is 0.351 bits per heavy atom. The normalized spacial score (nSPS) is 11.9. The summed E-state index contributed by atoms with van der Waals surface area (Å²) < 4.78 is 11.4. The smallest absolute Gasteiger partial charge is 0.164 e. The zero-order valence-corrected chi connectivity index (χ0v) is 31.2. The van der Waals surface area contributed by atoms with Crippen LogP contribution in [0, 0.1) is 0 Å². The maximum Gasteiger partial charge on any atom is 0.164 e. The lowest BCUT2D eigenvalue weighted by Crippen LogP contribution is -2.00. The molecule has 0 unspecified atom stereocenters. The number of hydrogen-bond acceptors (Lipinski definition) is 5. The Bertz CT molecular complexity index is 3510. The molecule has 0 atom stereocenters. The van der Waals surface area contributed by atoms with Gasteiger partial charge in [0.15, 0.2) is 17.5 Å². The number of thiophene rings is 1. The van der Waals surface area contributed by atoms with Crippen molar-refractivity contribution in [2.75, 3.05) is 0 Å². The Morgan fingerprint density at radius 3 is 1.74 bits per heavy atom. The van der Waals surface area contributed by atoms with Crippen molar-refractivity contribution in [1.82, 2.24) is 19.5 Å². The molecular formula is C51H30N4OS. The highest BCUT2D eigenvalue weighted by Gasteiger charge is 2.19. The highest BCUT2D eigenvalue weighted by atomic mass is 32.1. The van der Waals surface area contributed by atoms with Crippen molar-refractivity contribution in [1.29, 1.82) is 0 Å². The minimum absolute atomic E-state index is 0.606. The van der Waals surface area contributed by atoms with Crippen LogP contribution >= 0.6 is 11.3 Å². The van der Waals surface area contributed by atoms with Crippen molar-refractivity contribution in [3.05, 3.63) is 182 Å². The highest BCUT2D eigenvalue weighted by molar-refractivity contribution is 7.25. The van der Waals surface area contributed by atoms with Crippen LogP contribution in [0.25, 0.3) is 115 Å². The second-order valence-electron chi connectivity index (χ2n) is 14.4. The van der Waals surface area contributed by atoms with E-state index in [1.165, 1.54) is 31.1 Å². The number of benzene rings is 8. The van der Waals surface area contributed by atoms with Crippen LogP contribution in [0.4, 0.5) is 0 Å². The van der Waals surface area contributed by atoms with Gasteiger partial charge in [-0.3, -0.25) is 0 Å². The molecule has 12 rings (SSSR count). The van der Waals surface area contributed by atoms with Crippen molar-refractivity contribution < 1.29 is 4.42 Å². The Labute approximate surface area is 330 Å². The summed E-state index contributed by atoms with van der Waals surface area (Å²) in [5.41, 5.74) is 10.1. The van der Waals surface area contributed by atoms with Gasteiger partial charge in [-0.15, -0.1) is 11.3 Å². The van der Waals surface area contributed by atoms with Crippen molar-refractivity contribution in [3.63, 3.8) is 0 Å². The molecule has 0 saturated heterocycles. The van der Waals surface area contributed by atoms with E-state index in [4.69, 9.17) is 19.4 Å². The SMILES string of the molecule is c1ccc(-c2ccc(-c3nc(-c4ccc5c(c4)sc4ccccc45)nc(-c4ccc5oc6cc7c8ccccc8n(-c8ccccc8)c7cc6c5c4)n3)cc2)cc1. The molecule has 0 aliphatic rings. The number of nitrogens with zero attached hydrogens (tertiary/aromatic N) is 4. The summed E-state index contributed by atoms with van der Waals surface area (Å²) >= 11 is 1.79. The first-order chi connectivity index (χ1) is 28.2. The van der Waals surface area contributed by atoms with Gasteiger partial charge in [-0.05, 0) is 71.8 Å². The van der Waals surface area contributed by atoms with Crippen LogP contribution in [0.1, 0.15) is 0 Å². The maximum atomic E-state index is 6.55. The van der Waals surface area contributed by atoms with Gasteiger partial charge in [0, 0.05) is 64.1 Å². The maximum absolute atomic E-state index is 6.55. The molecule has 4 aromatic heterocycles. The molecule has 0 N–H and O–H groups in total. The Kier molecular flexibility index (Phi) is 7.03. The minimum Gasteiger partial charge on any atom is -0.456 e. The molecule has 266 valence electrons. The first-order valence-electron chi connectivity index (χ1n) is 19.0. The van der Waals surface area contributed by atoms with Crippen molar-refractivity contribution in [2.45, 2.75) is 0 Å². The molecule has 0 aliphatic carbocycles. The third-order valence-corrected chi connectivity index (χ3v) is 12.2. The quantitative estimate of drug-likeness (QED) is 0.176. The second kappa shape index (κ2) is 12.6. The van der Waals surface area contributed by atoms with Crippen LogP contribution in [0.15, 0.2) is 186 Å². The van der Waals surface area contributed by atoms with Crippen molar-refractivity contribution >= 4 is 75.3 Å². The summed E-state index contributed by atoms with van der Waals surface area (Å²) in [4.78, 5) is 15.4. The van der Waals surface area contributed by atoms with Gasteiger partial charge in [-0.1, -0.05) is 121 Å². The molecule has 0 aliphatic heterocycles. The molecule has 0 radical (unpaired) electrons. The van der Waals surface area contributed by atoms with Gasteiger partial charge in [0.1, 0.15) is 11.2 Å². The number of fused-ring (bicyclic) bond motifs is 9. The Balaban J connectivity index is 1.04. The zero-order chi connectivity index (χ0) is 37.5. The monoisotopic (exact) mass is 746 g/mol. The van der Waals surface area contributed by atoms with Crippen LogP contribution in [-0.2, 0) is 0 Å². The van der Waals surface area contributed by atoms with E-state index in [1.807, 2.05) is 12.1 Å². The van der Waals surface area contributed by atoms with E-state index < -0.39 is 0 Å². The number of furan rings is 1. The number of para-hydroxylation sites is 2. The molecule has 0 amide bonds. The van der Waals surface area contributed by atoms with Gasteiger partial charge in [-0.2, -0.15) is 0 Å². The molecule has 6 heteroatoms. The molecule has 0 spiro atoms. The predicted molar refractivity (Wildman–Crippen MR) is 236 cm³/mol. The first-order valence-corrected chi connectivity index (χ1v) is 19.8. The van der Waals surface area contributed by atoms with Crippen LogP contribution in [-0.4, -0.2) is 19.5 Å². The van der Waals surface area contributed by atoms with E-state index in [2.05, 4.69) is 174 Å². The number of aromatic nitrogens is 4. The molecule has 12 aromatic rings. The molecule has 8 aromatic carbocycles. The van der Waals surface area contributed by atoms with Gasteiger partial charge in [0.25, 0.3) is 0 Å². The Morgan fingerprint density at radius 2 is 0.930 bits per heavy atom. The fourth-order valence-electron chi connectivity index (χ4n) is 8.30. The van der Waals surface area contributed by atoms with E-state index in [0.717, 1.165) is 66.3 Å². The molecule has 0 fully saturated rings. The second-order valence-corrected chi connectivity index (χ2v) is 15.5. The van der Waals surface area contributed by atoms with Crippen LogP contribution in [0.3, 0.4) is 0 Å². The number of hydrogen-bond donors (Lipinski definition) is 0. The molecule has 0 saturated carbocycles. The summed E-state index contributed by atoms with van der Waals surface area (Å²) in [6.07, 6.45) is 0. The summed E-state index contributed by atoms with van der Waals surface area (Å²) in [5, 5.41) is 6.90. The van der Waals surface area contributed by atoms with Crippen LogP contribution in [0.2, 0.25) is 0 Å². The summed E-state index contributed by atoms with van der Waals surface area (Å²) in [6, 6.07) is 63.8. The Hall–Kier alpha value is -7.41. The average Bonchev–Trinajstić information content (AvgIpc) is 3.94. The molecule has 4 heterocycles. The van der Waals surface area contributed by atoms with E-state index in [0.29, 0.717) is 17.5 Å². The third kappa shape index (κ3) is 5.19. The van der Waals surface area contributed by atoms with Gasteiger partial charge in [-0.25, -0.2) is 15.0 Å². The third-order valence-electron chi connectivity index (χ3n) is 11.1. The number of rotatable bonds is 5. The van der Waals surface area contributed by atoms with E-state index in [9.17, 15) is 0 Å². The molecule has 57 heavy (non-hydrogen) atoms. The summed E-state index contributed by atoms with van der Waals surface area (Å²) in [7, 11) is 0. The summed E-state index contributed by atoms with van der Waals surface area (Å²) in [6.45, 7) is 0. The first kappa shape index (κ1) is 31.9. The van der Waals surface area contributed by atoms with Gasteiger partial charge >= 0.3 is 0 Å². The standard InChI is InChI=1S/C51H30N4OS/c1-3-11-31(12-4-1)32-19-21-33(22-20-32)49-52-50(54-51(53-49)35-23-25-39-38-16-8-10-18-47(38)57-48(39)28-35)34-24-26-45-41(27-34)42-29-44-40(30-46(42)56-45)37-15-7-9-17-43(37)55(44)36-13-5-2-6-14-36/h1-30H. The lowest BCUT2D eigenvalue weighted by Gasteiger charge is -2.09. The topological polar surface area (TPSA) is 56.7 Å². The zero-order valence-electron chi connectivity index (χ0n) is 30.4. The molecular weight excluding hydrogens is 717 g/mol. The van der Waals surface area contributed by atoms with E-state index in [-0.39, 0.29) is 0 Å². The van der Waals surface area contributed by atoms with Gasteiger partial charge in [0.2, 0.25) is 0 Å².